The molecule has 9 heteroatoms. The van der Waals surface area contributed by atoms with E-state index in [0.29, 0.717) is 0 Å². The van der Waals surface area contributed by atoms with E-state index < -0.39 is 42.0 Å². The monoisotopic (exact) mass is 285 g/mol. The van der Waals surface area contributed by atoms with Gasteiger partial charge in [0.05, 0.1) is 0 Å². The van der Waals surface area contributed by atoms with Crippen molar-refractivity contribution in [3.63, 3.8) is 0 Å². The Labute approximate surface area is 106 Å². The molecule has 6 nitrogen and oxygen atoms in total. The van der Waals surface area contributed by atoms with Crippen molar-refractivity contribution < 1.29 is 37.4 Å². The normalized spacial score (nSPS) is 13.8. The number of hydrogen-bond donors (Lipinski definition) is 2. The maximum absolute atomic E-state index is 12.2. The molecule has 0 aromatic rings. The molecule has 0 saturated heterocycles. The summed E-state index contributed by atoms with van der Waals surface area (Å²) >= 11 is 0. The molecule has 0 amide bonds. The maximum Gasteiger partial charge on any atom is 0.454 e. The Balaban J connectivity index is 4.62. The second-order valence-electron chi connectivity index (χ2n) is 4.30. The lowest BCUT2D eigenvalue weighted by atomic mass is 10.0. The van der Waals surface area contributed by atoms with Gasteiger partial charge < -0.3 is 15.6 Å². The Morgan fingerprint density at radius 3 is 2.11 bits per heavy atom. The van der Waals surface area contributed by atoms with E-state index in [2.05, 4.69) is 4.74 Å². The number of nitrogens with two attached hydrogens (primary N) is 1. The number of esters is 1. The summed E-state index contributed by atoms with van der Waals surface area (Å²) in [5, 5.41) is 8.36. The van der Waals surface area contributed by atoms with Gasteiger partial charge in [-0.05, 0) is 20.3 Å². The molecule has 0 aliphatic carbocycles. The fourth-order valence-electron chi connectivity index (χ4n) is 1.11. The van der Waals surface area contributed by atoms with Crippen LogP contribution >= 0.6 is 0 Å². The summed E-state index contributed by atoms with van der Waals surface area (Å²) in [6, 6.07) is -1.41. The van der Waals surface area contributed by atoms with E-state index >= 15 is 0 Å². The van der Waals surface area contributed by atoms with Crippen LogP contribution in [0.5, 0.6) is 0 Å². The number of carbonyl (C=O) groups excluding carboxylic acids is 2. The molecule has 0 aliphatic rings. The van der Waals surface area contributed by atoms with Gasteiger partial charge in [-0.3, -0.25) is 14.4 Å². The number of aliphatic carboxylic acids is 1. The summed E-state index contributed by atoms with van der Waals surface area (Å²) in [7, 11) is 0. The van der Waals surface area contributed by atoms with Crippen molar-refractivity contribution in [2.24, 2.45) is 5.73 Å². The van der Waals surface area contributed by atoms with Crippen molar-refractivity contribution in [3.8, 4) is 0 Å². The summed E-state index contributed by atoms with van der Waals surface area (Å²) in [6.07, 6.45) is -5.89. The molecule has 3 N–H and O–H groups in total. The second-order valence-corrected chi connectivity index (χ2v) is 4.30. The quantitative estimate of drug-likeness (QED) is 0.693. The number of alkyl halides is 3. The summed E-state index contributed by atoms with van der Waals surface area (Å²) in [4.78, 5) is 32.6. The lowest BCUT2D eigenvalue weighted by Gasteiger charge is -2.25. The number of ketones is 1. The first-order valence-corrected chi connectivity index (χ1v) is 5.19. The van der Waals surface area contributed by atoms with E-state index in [1.807, 2.05) is 0 Å². The van der Waals surface area contributed by atoms with Crippen LogP contribution in [0.25, 0.3) is 0 Å². The van der Waals surface area contributed by atoms with Gasteiger partial charge in [0, 0.05) is 6.42 Å². The van der Waals surface area contributed by atoms with Gasteiger partial charge >= 0.3 is 18.1 Å². The van der Waals surface area contributed by atoms with Crippen LogP contribution in [0.4, 0.5) is 13.2 Å². The van der Waals surface area contributed by atoms with E-state index in [1.54, 1.807) is 0 Å². The van der Waals surface area contributed by atoms with Crippen LogP contribution in [0.2, 0.25) is 0 Å². The minimum Gasteiger partial charge on any atom is -0.481 e. The largest absolute Gasteiger partial charge is 0.481 e. The molecular formula is C10H14F3NO5. The van der Waals surface area contributed by atoms with Crippen molar-refractivity contribution >= 4 is 17.7 Å². The Kier molecular flexibility index (Phi) is 5.48. The third-order valence-corrected chi connectivity index (χ3v) is 2.13. The van der Waals surface area contributed by atoms with Crippen molar-refractivity contribution in [1.82, 2.24) is 0 Å². The van der Waals surface area contributed by atoms with Gasteiger partial charge in [-0.2, -0.15) is 13.2 Å². The van der Waals surface area contributed by atoms with Crippen molar-refractivity contribution in [2.75, 3.05) is 0 Å². The van der Waals surface area contributed by atoms with Crippen LogP contribution in [0.3, 0.4) is 0 Å². The Morgan fingerprint density at radius 2 is 1.74 bits per heavy atom. The van der Waals surface area contributed by atoms with Gasteiger partial charge in [-0.15, -0.1) is 0 Å². The lowest BCUT2D eigenvalue weighted by molar-refractivity contribution is -0.195. The van der Waals surface area contributed by atoms with Crippen LogP contribution in [-0.4, -0.2) is 40.6 Å². The maximum atomic E-state index is 12.2. The number of Topliss-reactive ketones (excluding diaryl/α,β-unsaturated/α-hetero) is 1. The third kappa shape index (κ3) is 5.69. The number of carbonyl (C=O) groups is 3. The number of hydrogen-bond acceptors (Lipinski definition) is 5. The predicted octanol–water partition coefficient (Wildman–Crippen LogP) is 0.632. The molecule has 0 aromatic heterocycles. The highest BCUT2D eigenvalue weighted by atomic mass is 19.4. The first-order valence-electron chi connectivity index (χ1n) is 5.19. The summed E-state index contributed by atoms with van der Waals surface area (Å²) in [6.45, 7) is 1.56. The topological polar surface area (TPSA) is 107 Å². The molecule has 0 fully saturated rings. The molecule has 0 spiro atoms. The predicted molar refractivity (Wildman–Crippen MR) is 56.1 cm³/mol. The Bertz CT molecular complexity index is 378. The van der Waals surface area contributed by atoms with Crippen LogP contribution in [0.15, 0.2) is 0 Å². The van der Waals surface area contributed by atoms with E-state index in [-0.39, 0.29) is 6.42 Å². The van der Waals surface area contributed by atoms with Gasteiger partial charge in [-0.25, -0.2) is 0 Å². The van der Waals surface area contributed by atoms with E-state index in [1.165, 1.54) is 0 Å². The van der Waals surface area contributed by atoms with Crippen LogP contribution in [-0.2, 0) is 19.1 Å². The van der Waals surface area contributed by atoms with E-state index in [0.717, 1.165) is 13.8 Å². The van der Waals surface area contributed by atoms with Crippen LogP contribution in [0.1, 0.15) is 26.7 Å². The summed E-state index contributed by atoms with van der Waals surface area (Å²) in [5.74, 6) is -4.70. The van der Waals surface area contributed by atoms with Gasteiger partial charge in [0.1, 0.15) is 6.04 Å². The molecule has 0 heterocycles. The molecule has 1 unspecified atom stereocenters. The van der Waals surface area contributed by atoms with Crippen molar-refractivity contribution in [3.05, 3.63) is 0 Å². The van der Waals surface area contributed by atoms with E-state index in [9.17, 15) is 27.6 Å². The zero-order valence-electron chi connectivity index (χ0n) is 10.3. The van der Waals surface area contributed by atoms with Crippen LogP contribution < -0.4 is 5.73 Å². The fourth-order valence-corrected chi connectivity index (χ4v) is 1.11. The smallest absolute Gasteiger partial charge is 0.454 e. The molecular weight excluding hydrogens is 271 g/mol. The molecule has 19 heavy (non-hydrogen) atoms. The number of carboxylic acids is 1. The zero-order valence-corrected chi connectivity index (χ0v) is 10.3. The highest BCUT2D eigenvalue weighted by molar-refractivity contribution is 5.93. The highest BCUT2D eigenvalue weighted by Crippen LogP contribution is 2.26. The zero-order chi connectivity index (χ0) is 15.4. The molecule has 0 aliphatic heterocycles. The third-order valence-electron chi connectivity index (χ3n) is 2.13. The van der Waals surface area contributed by atoms with Gasteiger partial charge in [-0.1, -0.05) is 0 Å². The van der Waals surface area contributed by atoms with Crippen LogP contribution in [0, 0.1) is 0 Å². The minimum atomic E-state index is -5.14. The van der Waals surface area contributed by atoms with Gasteiger partial charge in [0.2, 0.25) is 0 Å². The first-order chi connectivity index (χ1) is 8.38. The standard InChI is InChI=1S/C10H14F3NO5/c1-9(2,8(18)10(11,12)13)19-7(17)5(14)3-4-6(15)16/h5H,3-4,14H2,1-2H3,(H,15,16). The highest BCUT2D eigenvalue weighted by Gasteiger charge is 2.50. The molecule has 0 bridgehead atoms. The molecule has 0 rings (SSSR count). The summed E-state index contributed by atoms with van der Waals surface area (Å²) < 4.78 is 41.0. The second kappa shape index (κ2) is 6.00. The average molecular weight is 285 g/mol. The number of ether oxygens (including phenoxy) is 1. The molecule has 0 saturated carbocycles. The Hall–Kier alpha value is -1.64. The van der Waals surface area contributed by atoms with Gasteiger partial charge in [0.15, 0.2) is 5.60 Å². The van der Waals surface area contributed by atoms with Crippen molar-refractivity contribution in [1.29, 1.82) is 0 Å². The molecule has 1 atom stereocenters. The number of rotatable bonds is 6. The van der Waals surface area contributed by atoms with Gasteiger partial charge in [0.25, 0.3) is 5.78 Å². The average Bonchev–Trinajstić information content (AvgIpc) is 2.22. The SMILES string of the molecule is CC(C)(OC(=O)C(N)CCC(=O)O)C(=O)C(F)(F)F. The number of halogens is 3. The fraction of sp³-hybridized carbons (Fsp3) is 0.700. The minimum absolute atomic E-state index is 0.301. The van der Waals surface area contributed by atoms with E-state index in [4.69, 9.17) is 10.8 Å². The molecule has 0 aromatic carbocycles. The Morgan fingerprint density at radius 1 is 1.26 bits per heavy atom. The molecule has 110 valence electrons. The lowest BCUT2D eigenvalue weighted by Crippen LogP contribution is -2.48. The summed E-state index contributed by atoms with van der Waals surface area (Å²) in [5.41, 5.74) is 2.84. The van der Waals surface area contributed by atoms with Crippen molar-refractivity contribution in [2.45, 2.75) is 44.5 Å². The first kappa shape index (κ1) is 17.4. The number of carboxylic acid groups (broad SMARTS) is 1. The molecule has 0 radical (unpaired) electrons.